The molecule has 0 atom stereocenters. The van der Waals surface area contributed by atoms with E-state index in [9.17, 15) is 0 Å². The summed E-state index contributed by atoms with van der Waals surface area (Å²) in [4.78, 5) is 9.08. The van der Waals surface area contributed by atoms with Crippen LogP contribution < -0.4 is 0 Å². The molecule has 0 saturated heterocycles. The zero-order valence-corrected chi connectivity index (χ0v) is 15.4. The van der Waals surface area contributed by atoms with Gasteiger partial charge in [0.15, 0.2) is 0 Å². The highest BCUT2D eigenvalue weighted by Crippen LogP contribution is 2.19. The Morgan fingerprint density at radius 3 is 1.50 bits per heavy atom. The molecule has 2 rings (SSSR count). The molecule has 2 heteroatoms. The molecule has 0 aliphatic carbocycles. The number of rotatable bonds is 11. The molecule has 0 unspecified atom stereocenters. The Hall–Kier alpha value is -1.70. The average molecular weight is 325 g/mol. The van der Waals surface area contributed by atoms with Crippen LogP contribution in [0.2, 0.25) is 0 Å². The highest BCUT2D eigenvalue weighted by atomic mass is 14.8. The van der Waals surface area contributed by atoms with Crippen LogP contribution in [0.25, 0.3) is 11.4 Å². The van der Waals surface area contributed by atoms with Crippen LogP contribution in [-0.2, 0) is 12.8 Å². The van der Waals surface area contributed by atoms with Crippen molar-refractivity contribution in [2.75, 3.05) is 0 Å². The molecule has 0 spiro atoms. The van der Waals surface area contributed by atoms with Crippen LogP contribution in [0.3, 0.4) is 0 Å². The highest BCUT2D eigenvalue weighted by Gasteiger charge is 2.04. The quantitative estimate of drug-likeness (QED) is 0.448. The first-order valence-electron chi connectivity index (χ1n) is 9.73. The molecule has 0 N–H and O–H groups in total. The summed E-state index contributed by atoms with van der Waals surface area (Å²) in [6.07, 6.45) is 16.6. The van der Waals surface area contributed by atoms with Gasteiger partial charge in [-0.05, 0) is 61.1 Å². The normalized spacial score (nSPS) is 10.9. The zero-order valence-electron chi connectivity index (χ0n) is 15.4. The Kier molecular flexibility index (Phi) is 8.51. The molecule has 0 radical (unpaired) electrons. The first-order chi connectivity index (χ1) is 11.8. The van der Waals surface area contributed by atoms with Gasteiger partial charge in [-0.15, -0.1) is 0 Å². The second-order valence-electron chi connectivity index (χ2n) is 6.72. The maximum Gasteiger partial charge on any atom is 0.0888 e. The number of aromatic nitrogens is 2. The number of hydrogen-bond donors (Lipinski definition) is 0. The van der Waals surface area contributed by atoms with Crippen LogP contribution in [0, 0.1) is 0 Å². The summed E-state index contributed by atoms with van der Waals surface area (Å²) in [5.41, 5.74) is 4.79. The van der Waals surface area contributed by atoms with Crippen molar-refractivity contribution >= 4 is 0 Å². The van der Waals surface area contributed by atoms with Gasteiger partial charge in [0.25, 0.3) is 0 Å². The van der Waals surface area contributed by atoms with Gasteiger partial charge in [-0.3, -0.25) is 9.97 Å². The fraction of sp³-hybridized carbons (Fsp3) is 0.545. The molecule has 0 aliphatic heterocycles. The first kappa shape index (κ1) is 18.6. The molecule has 0 saturated carbocycles. The molecular weight excluding hydrogens is 292 g/mol. The summed E-state index contributed by atoms with van der Waals surface area (Å²) in [5.74, 6) is 0. The minimum absolute atomic E-state index is 1.01. The summed E-state index contributed by atoms with van der Waals surface area (Å²) in [6, 6.07) is 8.72. The Morgan fingerprint density at radius 1 is 0.625 bits per heavy atom. The number of unbranched alkanes of at least 4 members (excludes halogenated alkanes) is 6. The number of hydrogen-bond acceptors (Lipinski definition) is 2. The lowest BCUT2D eigenvalue weighted by atomic mass is 10.0. The van der Waals surface area contributed by atoms with Gasteiger partial charge in [-0.2, -0.15) is 0 Å². The topological polar surface area (TPSA) is 25.8 Å². The van der Waals surface area contributed by atoms with E-state index in [0.717, 1.165) is 24.2 Å². The number of aryl methyl sites for hydroxylation is 2. The summed E-state index contributed by atoms with van der Waals surface area (Å²) < 4.78 is 0. The predicted octanol–water partition coefficient (Wildman–Crippen LogP) is 6.39. The van der Waals surface area contributed by atoms with Crippen molar-refractivity contribution in [2.45, 2.75) is 78.1 Å². The molecule has 2 heterocycles. The van der Waals surface area contributed by atoms with Gasteiger partial charge in [0.05, 0.1) is 11.4 Å². The van der Waals surface area contributed by atoms with E-state index in [1.54, 1.807) is 0 Å². The lowest BCUT2D eigenvalue weighted by Crippen LogP contribution is -1.93. The number of pyridine rings is 2. The van der Waals surface area contributed by atoms with E-state index >= 15 is 0 Å². The minimum atomic E-state index is 1.01. The summed E-state index contributed by atoms with van der Waals surface area (Å²) in [5, 5.41) is 0. The van der Waals surface area contributed by atoms with Crippen molar-refractivity contribution in [3.05, 3.63) is 47.8 Å². The lowest BCUT2D eigenvalue weighted by molar-refractivity contribution is 0.666. The molecule has 2 aromatic heterocycles. The SMILES string of the molecule is CCCCCCc1ccnc(-c2cc(CCCCCC)ccn2)c1. The molecule has 24 heavy (non-hydrogen) atoms. The highest BCUT2D eigenvalue weighted by molar-refractivity contribution is 5.55. The van der Waals surface area contributed by atoms with Crippen molar-refractivity contribution in [3.8, 4) is 11.4 Å². The Bertz CT molecular complexity index is 539. The number of nitrogens with zero attached hydrogens (tertiary/aromatic N) is 2. The molecule has 2 nitrogen and oxygen atoms in total. The maximum absolute atomic E-state index is 4.54. The van der Waals surface area contributed by atoms with E-state index in [-0.39, 0.29) is 0 Å². The molecule has 0 aromatic carbocycles. The van der Waals surface area contributed by atoms with Crippen LogP contribution in [0.4, 0.5) is 0 Å². The molecule has 0 fully saturated rings. The standard InChI is InChI=1S/C22H32N2/c1-3-5-7-9-11-19-13-15-23-21(17-19)22-18-20(14-16-24-22)12-10-8-6-4-2/h13-18H,3-12H2,1-2H3. The summed E-state index contributed by atoms with van der Waals surface area (Å²) in [6.45, 7) is 4.51. The lowest BCUT2D eigenvalue weighted by Gasteiger charge is -2.07. The molecule has 2 aromatic rings. The van der Waals surface area contributed by atoms with Crippen molar-refractivity contribution in [1.29, 1.82) is 0 Å². The fourth-order valence-corrected chi connectivity index (χ4v) is 3.05. The van der Waals surface area contributed by atoms with Gasteiger partial charge >= 0.3 is 0 Å². The maximum atomic E-state index is 4.54. The van der Waals surface area contributed by atoms with Gasteiger partial charge < -0.3 is 0 Å². The monoisotopic (exact) mass is 324 g/mol. The minimum Gasteiger partial charge on any atom is -0.255 e. The van der Waals surface area contributed by atoms with Crippen LogP contribution in [0.1, 0.15) is 76.3 Å². The van der Waals surface area contributed by atoms with Crippen LogP contribution in [-0.4, -0.2) is 9.97 Å². The molecule has 0 amide bonds. The van der Waals surface area contributed by atoms with Gasteiger partial charge in [0, 0.05) is 12.4 Å². The van der Waals surface area contributed by atoms with Gasteiger partial charge in [0.1, 0.15) is 0 Å². The van der Waals surface area contributed by atoms with E-state index in [4.69, 9.17) is 0 Å². The third kappa shape index (κ3) is 6.43. The fourth-order valence-electron chi connectivity index (χ4n) is 3.05. The second-order valence-corrected chi connectivity index (χ2v) is 6.72. The van der Waals surface area contributed by atoms with E-state index in [0.29, 0.717) is 0 Å². The van der Waals surface area contributed by atoms with Gasteiger partial charge in [0.2, 0.25) is 0 Å². The summed E-state index contributed by atoms with van der Waals surface area (Å²) in [7, 11) is 0. The Labute approximate surface area is 147 Å². The van der Waals surface area contributed by atoms with Crippen LogP contribution in [0.5, 0.6) is 0 Å². The molecular formula is C22H32N2. The largest absolute Gasteiger partial charge is 0.255 e. The third-order valence-corrected chi connectivity index (χ3v) is 4.55. The smallest absolute Gasteiger partial charge is 0.0888 e. The Morgan fingerprint density at radius 2 is 1.08 bits per heavy atom. The van der Waals surface area contributed by atoms with Gasteiger partial charge in [-0.25, -0.2) is 0 Å². The van der Waals surface area contributed by atoms with E-state index < -0.39 is 0 Å². The summed E-state index contributed by atoms with van der Waals surface area (Å²) >= 11 is 0. The van der Waals surface area contributed by atoms with Gasteiger partial charge in [-0.1, -0.05) is 52.4 Å². The Balaban J connectivity index is 1.97. The van der Waals surface area contributed by atoms with Crippen molar-refractivity contribution in [2.24, 2.45) is 0 Å². The third-order valence-electron chi connectivity index (χ3n) is 4.55. The van der Waals surface area contributed by atoms with E-state index in [2.05, 4.69) is 48.1 Å². The average Bonchev–Trinajstić information content (AvgIpc) is 2.63. The second kappa shape index (κ2) is 11.0. The molecule has 0 bridgehead atoms. The van der Waals surface area contributed by atoms with E-state index in [1.807, 2.05) is 12.4 Å². The van der Waals surface area contributed by atoms with Crippen LogP contribution >= 0.6 is 0 Å². The van der Waals surface area contributed by atoms with Crippen molar-refractivity contribution < 1.29 is 0 Å². The van der Waals surface area contributed by atoms with Crippen LogP contribution in [0.15, 0.2) is 36.7 Å². The van der Waals surface area contributed by atoms with Crippen molar-refractivity contribution in [1.82, 2.24) is 9.97 Å². The molecule has 0 aliphatic rings. The zero-order chi connectivity index (χ0) is 17.0. The predicted molar refractivity (Wildman–Crippen MR) is 103 cm³/mol. The van der Waals surface area contributed by atoms with Crippen molar-refractivity contribution in [3.63, 3.8) is 0 Å². The van der Waals surface area contributed by atoms with E-state index in [1.165, 1.54) is 62.5 Å². The molecule has 130 valence electrons. The first-order valence-corrected chi connectivity index (χ1v) is 9.73.